The number of benzene rings is 1. The number of halogens is 2. The van der Waals surface area contributed by atoms with Gasteiger partial charge in [0.15, 0.2) is 17.2 Å². The summed E-state index contributed by atoms with van der Waals surface area (Å²) in [6.45, 7) is 7.20. The van der Waals surface area contributed by atoms with Crippen LogP contribution in [0.4, 0.5) is 14.6 Å². The maximum Gasteiger partial charge on any atom is 0.355 e. The zero-order valence-electron chi connectivity index (χ0n) is 22.3. The first-order valence-corrected chi connectivity index (χ1v) is 12.9. The smallest absolute Gasteiger partial charge is 0.355 e. The molecule has 5 heterocycles. The number of aryl methyl sites for hydroxylation is 1. The second-order valence-corrected chi connectivity index (χ2v) is 10.0. The number of rotatable bonds is 4. The minimum atomic E-state index is -0.972. The summed E-state index contributed by atoms with van der Waals surface area (Å²) in [7, 11) is 1.44. The first-order chi connectivity index (χ1) is 19.2. The van der Waals surface area contributed by atoms with Gasteiger partial charge in [0, 0.05) is 19.6 Å². The molecule has 0 unspecified atom stereocenters. The van der Waals surface area contributed by atoms with Gasteiger partial charge in [-0.2, -0.15) is 15.0 Å². The number of piperazine rings is 1. The minimum absolute atomic E-state index is 0.0259. The first-order valence-electron chi connectivity index (χ1n) is 12.9. The van der Waals surface area contributed by atoms with E-state index in [9.17, 15) is 9.90 Å². The van der Waals surface area contributed by atoms with Gasteiger partial charge in [0.1, 0.15) is 35.1 Å². The summed E-state index contributed by atoms with van der Waals surface area (Å²) in [5.74, 6) is -2.56. The highest BCUT2D eigenvalue weighted by molar-refractivity contribution is 5.97. The number of fused-ring (bicyclic) bond motifs is 2. The van der Waals surface area contributed by atoms with E-state index in [4.69, 9.17) is 9.47 Å². The Morgan fingerprint density at radius 1 is 1.20 bits per heavy atom. The predicted molar refractivity (Wildman–Crippen MR) is 143 cm³/mol. The third-order valence-corrected chi connectivity index (χ3v) is 7.19. The molecule has 0 radical (unpaired) electrons. The highest BCUT2D eigenvalue weighted by Crippen LogP contribution is 2.43. The number of nitrogens with zero attached hydrogens (tertiary/aromatic N) is 6. The molecule has 0 aliphatic carbocycles. The number of phenols is 1. The highest BCUT2D eigenvalue weighted by atomic mass is 19.1. The molecule has 0 saturated carbocycles. The fourth-order valence-corrected chi connectivity index (χ4v) is 5.34. The van der Waals surface area contributed by atoms with Crippen LogP contribution in [0.3, 0.4) is 0 Å². The van der Waals surface area contributed by atoms with Crippen molar-refractivity contribution < 1.29 is 23.4 Å². The van der Waals surface area contributed by atoms with E-state index < -0.39 is 34.3 Å². The molecule has 208 valence electrons. The van der Waals surface area contributed by atoms with Gasteiger partial charge in [-0.05, 0) is 25.0 Å². The fraction of sp³-hybridized carbons (Fsp3) is 0.370. The van der Waals surface area contributed by atoms with E-state index in [2.05, 4.69) is 25.3 Å². The van der Waals surface area contributed by atoms with E-state index >= 15 is 8.78 Å². The molecule has 40 heavy (non-hydrogen) atoms. The van der Waals surface area contributed by atoms with Gasteiger partial charge in [0.2, 0.25) is 0 Å². The summed E-state index contributed by atoms with van der Waals surface area (Å²) >= 11 is 0. The van der Waals surface area contributed by atoms with Crippen LogP contribution in [0.5, 0.6) is 17.5 Å². The van der Waals surface area contributed by atoms with Crippen molar-refractivity contribution in [1.29, 1.82) is 0 Å². The van der Waals surface area contributed by atoms with E-state index in [-0.39, 0.29) is 47.2 Å². The third kappa shape index (κ3) is 3.91. The van der Waals surface area contributed by atoms with Crippen LogP contribution in [0.25, 0.3) is 28.0 Å². The molecular formula is C27H27F2N7O4. The second kappa shape index (κ2) is 9.66. The Kier molecular flexibility index (Phi) is 6.25. The number of hydrogen-bond acceptors (Lipinski definition) is 10. The largest absolute Gasteiger partial charge is 0.507 e. The van der Waals surface area contributed by atoms with Crippen molar-refractivity contribution in [1.82, 2.24) is 29.8 Å². The lowest BCUT2D eigenvalue weighted by Crippen LogP contribution is -2.54. The number of aromatic nitrogens is 5. The van der Waals surface area contributed by atoms with Gasteiger partial charge in [0.05, 0.1) is 35.8 Å². The molecule has 13 heteroatoms. The maximum absolute atomic E-state index is 16.3. The third-order valence-electron chi connectivity index (χ3n) is 7.19. The molecule has 11 nitrogen and oxygen atoms in total. The number of phenolic OH excluding ortho intramolecular Hbond substituents is 1. The molecule has 4 aromatic rings. The molecule has 3 aromatic heterocycles. The van der Waals surface area contributed by atoms with Gasteiger partial charge in [-0.25, -0.2) is 23.1 Å². The van der Waals surface area contributed by atoms with Crippen molar-refractivity contribution in [3.05, 3.63) is 51.7 Å². The summed E-state index contributed by atoms with van der Waals surface area (Å²) < 4.78 is 43.8. The van der Waals surface area contributed by atoms with Crippen LogP contribution in [0.1, 0.15) is 31.2 Å². The first kappa shape index (κ1) is 25.9. The summed E-state index contributed by atoms with van der Waals surface area (Å²) in [6.07, 6.45) is 0. The Morgan fingerprint density at radius 3 is 2.73 bits per heavy atom. The maximum atomic E-state index is 16.3. The quantitative estimate of drug-likeness (QED) is 0.391. The molecule has 1 aromatic carbocycles. The highest BCUT2D eigenvalue weighted by Gasteiger charge is 2.36. The Balaban J connectivity index is 1.79. The topological polar surface area (TPSA) is 128 Å². The molecule has 6 rings (SSSR count). The Labute approximate surface area is 227 Å². The molecule has 2 aliphatic rings. The van der Waals surface area contributed by atoms with Gasteiger partial charge < -0.3 is 24.8 Å². The number of methoxy groups -OCH3 is 1. The number of hydrogen-bond donors (Lipinski definition) is 2. The van der Waals surface area contributed by atoms with Gasteiger partial charge in [-0.3, -0.25) is 0 Å². The van der Waals surface area contributed by atoms with Crippen molar-refractivity contribution in [2.75, 3.05) is 38.3 Å². The van der Waals surface area contributed by atoms with E-state index in [0.717, 1.165) is 6.07 Å². The molecule has 1 saturated heterocycles. The van der Waals surface area contributed by atoms with E-state index in [1.165, 1.54) is 23.8 Å². The minimum Gasteiger partial charge on any atom is -0.507 e. The average Bonchev–Trinajstić information content (AvgIpc) is 3.09. The predicted octanol–water partition coefficient (Wildman–Crippen LogP) is 2.83. The van der Waals surface area contributed by atoms with Gasteiger partial charge in [0.25, 0.3) is 0 Å². The Bertz CT molecular complexity index is 1710. The number of anilines is 1. The molecule has 0 amide bonds. The van der Waals surface area contributed by atoms with Crippen LogP contribution in [0.15, 0.2) is 23.0 Å². The van der Waals surface area contributed by atoms with Crippen molar-refractivity contribution >= 4 is 16.9 Å². The number of aromatic hydroxyl groups is 1. The zero-order valence-corrected chi connectivity index (χ0v) is 22.3. The molecule has 0 bridgehead atoms. The monoisotopic (exact) mass is 551 g/mol. The lowest BCUT2D eigenvalue weighted by atomic mass is 10.1. The molecule has 2 N–H and O–H groups in total. The molecule has 1 fully saturated rings. The van der Waals surface area contributed by atoms with Crippen LogP contribution < -0.4 is 25.4 Å². The summed E-state index contributed by atoms with van der Waals surface area (Å²) in [6, 6.07) is 3.50. The van der Waals surface area contributed by atoms with Gasteiger partial charge in [-0.15, -0.1) is 0 Å². The number of ether oxygens (including phenoxy) is 2. The lowest BCUT2D eigenvalue weighted by Gasteiger charge is -2.35. The van der Waals surface area contributed by atoms with Crippen molar-refractivity contribution in [2.24, 2.45) is 0 Å². The number of nitrogens with one attached hydrogen (secondary N) is 1. The van der Waals surface area contributed by atoms with Crippen LogP contribution in [-0.2, 0) is 0 Å². The van der Waals surface area contributed by atoms with E-state index in [1.807, 2.05) is 18.7 Å². The standard InChI is InChI=1S/C27H27F2N7O4/c1-12(2)20-22(13(3)31-26(33-20)39-4)36-25-18-23(19(29)21(32-25)17-15(28)6-5-7-16(17)37)40-11-14-10-30-8-9-35(14)24(18)34-27(36)38/h5-7,12,14,30,37H,8-11H2,1-4H3/t14-/m1/s1. The molecule has 2 aliphatic heterocycles. The SMILES string of the molecule is COc1nc(C)c(-n2c(=O)nc3c4c(c(F)c(-c5c(O)cccc5F)nc42)OC[C@H]2CNCCN32)c(C(C)C)n1. The van der Waals surface area contributed by atoms with Gasteiger partial charge >= 0.3 is 11.7 Å². The normalized spacial score (nSPS) is 16.6. The van der Waals surface area contributed by atoms with E-state index in [1.54, 1.807) is 6.92 Å². The Hall–Kier alpha value is -4.39. The van der Waals surface area contributed by atoms with Crippen LogP contribution in [0, 0.1) is 18.6 Å². The summed E-state index contributed by atoms with van der Waals surface area (Å²) in [5.41, 5.74) is -0.506. The van der Waals surface area contributed by atoms with Crippen molar-refractivity contribution in [3.8, 4) is 34.5 Å². The van der Waals surface area contributed by atoms with Crippen LogP contribution >= 0.6 is 0 Å². The Morgan fingerprint density at radius 2 is 2.00 bits per heavy atom. The zero-order chi connectivity index (χ0) is 28.3. The average molecular weight is 552 g/mol. The molecular weight excluding hydrogens is 524 g/mol. The van der Waals surface area contributed by atoms with E-state index in [0.29, 0.717) is 36.7 Å². The number of pyridine rings is 1. The van der Waals surface area contributed by atoms with Crippen molar-refractivity contribution in [3.63, 3.8) is 0 Å². The molecule has 1 atom stereocenters. The second-order valence-electron chi connectivity index (χ2n) is 10.0. The van der Waals surface area contributed by atoms with Crippen LogP contribution in [-0.4, -0.2) is 69.0 Å². The van der Waals surface area contributed by atoms with Crippen molar-refractivity contribution in [2.45, 2.75) is 32.7 Å². The fourth-order valence-electron chi connectivity index (χ4n) is 5.34. The molecule has 0 spiro atoms. The summed E-state index contributed by atoms with van der Waals surface area (Å²) in [4.78, 5) is 33.6. The lowest BCUT2D eigenvalue weighted by molar-refractivity contribution is 0.264. The van der Waals surface area contributed by atoms with Crippen LogP contribution in [0.2, 0.25) is 0 Å². The summed E-state index contributed by atoms with van der Waals surface area (Å²) in [5, 5.41) is 14.0. The van der Waals surface area contributed by atoms with Gasteiger partial charge in [-0.1, -0.05) is 19.9 Å².